The molecule has 0 bridgehead atoms. The van der Waals surface area contributed by atoms with E-state index in [0.717, 1.165) is 23.1 Å². The zero-order chi connectivity index (χ0) is 26.6. The molecule has 0 radical (unpaired) electrons. The topological polar surface area (TPSA) is 63.0 Å². The summed E-state index contributed by atoms with van der Waals surface area (Å²) in [4.78, 5) is 30.2. The number of carbonyl (C=O) groups is 2. The summed E-state index contributed by atoms with van der Waals surface area (Å²) < 4.78 is 11.5. The number of hydrogen-bond acceptors (Lipinski definition) is 4. The quantitative estimate of drug-likeness (QED) is 0.316. The van der Waals surface area contributed by atoms with E-state index in [4.69, 9.17) is 9.15 Å². The Morgan fingerprint density at radius 3 is 2.58 bits per heavy atom. The predicted octanol–water partition coefficient (Wildman–Crippen LogP) is 5.80. The van der Waals surface area contributed by atoms with E-state index in [1.165, 1.54) is 5.56 Å². The van der Waals surface area contributed by atoms with Crippen molar-refractivity contribution in [3.05, 3.63) is 125 Å². The van der Waals surface area contributed by atoms with Gasteiger partial charge in [0.05, 0.1) is 18.8 Å². The van der Waals surface area contributed by atoms with Crippen LogP contribution in [-0.4, -0.2) is 41.3 Å². The maximum Gasteiger partial charge on any atom is 0.263 e. The summed E-state index contributed by atoms with van der Waals surface area (Å²) in [5, 5.41) is 0. The lowest BCUT2D eigenvalue weighted by Gasteiger charge is -2.38. The minimum absolute atomic E-state index is 0.00262. The summed E-state index contributed by atoms with van der Waals surface area (Å²) in [6.07, 6.45) is 1.66. The highest BCUT2D eigenvalue weighted by Gasteiger charge is 2.33. The third-order valence-corrected chi connectivity index (χ3v) is 7.00. The van der Waals surface area contributed by atoms with Crippen LogP contribution in [0.5, 0.6) is 5.75 Å². The highest BCUT2D eigenvalue weighted by molar-refractivity contribution is 5.95. The number of amides is 2. The van der Waals surface area contributed by atoms with Crippen LogP contribution in [0.3, 0.4) is 0 Å². The number of likely N-dealkylation sites (N-methyl/N-ethyl adjacent to an activating group) is 1. The normalized spacial score (nSPS) is 15.4. The fourth-order valence-corrected chi connectivity index (χ4v) is 5.11. The minimum Gasteiger partial charge on any atom is -0.481 e. The van der Waals surface area contributed by atoms with Gasteiger partial charge in [0.15, 0.2) is 6.10 Å². The summed E-state index contributed by atoms with van der Waals surface area (Å²) in [7, 11) is 1.73. The number of rotatable bonds is 7. The lowest BCUT2D eigenvalue weighted by Crippen LogP contribution is -2.40. The number of nitrogens with zero attached hydrogens (tertiary/aromatic N) is 2. The van der Waals surface area contributed by atoms with Gasteiger partial charge in [-0.1, -0.05) is 54.1 Å². The lowest BCUT2D eigenvalue weighted by atomic mass is 9.87. The Morgan fingerprint density at radius 2 is 1.84 bits per heavy atom. The molecule has 2 heterocycles. The standard InChI is InChI=1S/C32H32N2O4/c1-22-9-7-12-26(19-22)30-29-20-27(38-23(2)31(35)33(3)21-28-13-8-18-37-28)15-14-24(29)16-17-34(30)32(36)25-10-5-4-6-11-25/h4-15,18-20,23,30H,16-17,21H2,1-3H3. The first kappa shape index (κ1) is 25.3. The van der Waals surface area contributed by atoms with Crippen molar-refractivity contribution in [2.45, 2.75) is 39.0 Å². The first-order valence-electron chi connectivity index (χ1n) is 12.9. The largest absolute Gasteiger partial charge is 0.481 e. The maximum absolute atomic E-state index is 13.7. The molecule has 0 fully saturated rings. The third-order valence-electron chi connectivity index (χ3n) is 7.00. The van der Waals surface area contributed by atoms with E-state index in [0.29, 0.717) is 30.2 Å². The zero-order valence-electron chi connectivity index (χ0n) is 22.0. The van der Waals surface area contributed by atoms with Gasteiger partial charge in [0.1, 0.15) is 11.5 Å². The molecular formula is C32H32N2O4. The molecule has 0 N–H and O–H groups in total. The van der Waals surface area contributed by atoms with Gasteiger partial charge in [0, 0.05) is 19.2 Å². The number of ether oxygens (including phenoxy) is 1. The van der Waals surface area contributed by atoms with E-state index in [1.807, 2.05) is 59.5 Å². The van der Waals surface area contributed by atoms with Gasteiger partial charge in [0.2, 0.25) is 0 Å². The Morgan fingerprint density at radius 1 is 1.03 bits per heavy atom. The highest BCUT2D eigenvalue weighted by Crippen LogP contribution is 2.38. The second-order valence-electron chi connectivity index (χ2n) is 9.83. The van der Waals surface area contributed by atoms with Gasteiger partial charge >= 0.3 is 0 Å². The van der Waals surface area contributed by atoms with Crippen LogP contribution in [0.25, 0.3) is 0 Å². The van der Waals surface area contributed by atoms with E-state index in [-0.39, 0.29) is 17.9 Å². The van der Waals surface area contributed by atoms with Crippen molar-refractivity contribution in [1.29, 1.82) is 0 Å². The van der Waals surface area contributed by atoms with Gasteiger partial charge in [-0.15, -0.1) is 0 Å². The lowest BCUT2D eigenvalue weighted by molar-refractivity contribution is -0.137. The summed E-state index contributed by atoms with van der Waals surface area (Å²) in [5.41, 5.74) is 5.05. The zero-order valence-corrected chi connectivity index (χ0v) is 22.0. The molecule has 3 aromatic carbocycles. The Hall–Kier alpha value is -4.32. The number of benzene rings is 3. The Labute approximate surface area is 223 Å². The smallest absolute Gasteiger partial charge is 0.263 e. The average molecular weight is 509 g/mol. The molecule has 6 nitrogen and oxygen atoms in total. The fraction of sp³-hybridized carbons (Fsp3) is 0.250. The molecule has 0 aliphatic carbocycles. The van der Waals surface area contributed by atoms with Crippen LogP contribution < -0.4 is 4.74 Å². The van der Waals surface area contributed by atoms with Crippen LogP contribution in [0.4, 0.5) is 0 Å². The van der Waals surface area contributed by atoms with E-state index in [9.17, 15) is 9.59 Å². The van der Waals surface area contributed by atoms with Crippen molar-refractivity contribution in [2.75, 3.05) is 13.6 Å². The summed E-state index contributed by atoms with van der Waals surface area (Å²) in [6, 6.07) is 27.0. The van der Waals surface area contributed by atoms with E-state index in [2.05, 4.69) is 31.2 Å². The summed E-state index contributed by atoms with van der Waals surface area (Å²) in [5.74, 6) is 1.17. The molecular weight excluding hydrogens is 476 g/mol. The first-order valence-corrected chi connectivity index (χ1v) is 12.9. The molecule has 2 unspecified atom stereocenters. The third kappa shape index (κ3) is 5.35. The van der Waals surface area contributed by atoms with Crippen LogP contribution in [0, 0.1) is 6.92 Å². The molecule has 0 saturated heterocycles. The average Bonchev–Trinajstić information content (AvgIpc) is 3.45. The monoisotopic (exact) mass is 508 g/mol. The molecule has 1 aliphatic heterocycles. The van der Waals surface area contributed by atoms with Crippen molar-refractivity contribution in [3.63, 3.8) is 0 Å². The van der Waals surface area contributed by atoms with Crippen LogP contribution in [-0.2, 0) is 17.8 Å². The van der Waals surface area contributed by atoms with Crippen molar-refractivity contribution in [2.24, 2.45) is 0 Å². The summed E-state index contributed by atoms with van der Waals surface area (Å²) >= 11 is 0. The molecule has 2 amide bonds. The fourth-order valence-electron chi connectivity index (χ4n) is 5.11. The number of hydrogen-bond donors (Lipinski definition) is 0. The van der Waals surface area contributed by atoms with Crippen molar-refractivity contribution in [1.82, 2.24) is 9.80 Å². The van der Waals surface area contributed by atoms with Crippen molar-refractivity contribution < 1.29 is 18.7 Å². The first-order chi connectivity index (χ1) is 18.4. The second-order valence-corrected chi connectivity index (χ2v) is 9.83. The van der Waals surface area contributed by atoms with Gasteiger partial charge in [0.25, 0.3) is 11.8 Å². The Balaban J connectivity index is 1.44. The van der Waals surface area contributed by atoms with Gasteiger partial charge in [-0.05, 0) is 73.4 Å². The summed E-state index contributed by atoms with van der Waals surface area (Å²) in [6.45, 7) is 4.80. The molecule has 194 valence electrons. The second kappa shape index (κ2) is 11.0. The molecule has 2 atom stereocenters. The molecule has 6 heteroatoms. The number of furan rings is 1. The highest BCUT2D eigenvalue weighted by atomic mass is 16.5. The molecule has 4 aromatic rings. The van der Waals surface area contributed by atoms with Crippen LogP contribution in [0.1, 0.15) is 51.3 Å². The van der Waals surface area contributed by atoms with Crippen molar-refractivity contribution in [3.8, 4) is 5.75 Å². The Kier molecular flexibility index (Phi) is 7.31. The molecule has 38 heavy (non-hydrogen) atoms. The number of carbonyl (C=O) groups excluding carboxylic acids is 2. The van der Waals surface area contributed by atoms with Gasteiger partial charge in [-0.2, -0.15) is 0 Å². The molecule has 0 saturated carbocycles. The van der Waals surface area contributed by atoms with E-state index < -0.39 is 6.10 Å². The molecule has 1 aliphatic rings. The molecule has 0 spiro atoms. The number of aryl methyl sites for hydroxylation is 1. The van der Waals surface area contributed by atoms with Gasteiger partial charge < -0.3 is 19.0 Å². The van der Waals surface area contributed by atoms with E-state index >= 15 is 0 Å². The van der Waals surface area contributed by atoms with Crippen LogP contribution in [0.15, 0.2) is 95.6 Å². The van der Waals surface area contributed by atoms with Crippen molar-refractivity contribution >= 4 is 11.8 Å². The molecule has 1 aromatic heterocycles. The number of fused-ring (bicyclic) bond motifs is 1. The molecule has 5 rings (SSSR count). The van der Waals surface area contributed by atoms with Crippen LogP contribution >= 0.6 is 0 Å². The predicted molar refractivity (Wildman–Crippen MR) is 146 cm³/mol. The van der Waals surface area contributed by atoms with Crippen LogP contribution in [0.2, 0.25) is 0 Å². The Bertz CT molecular complexity index is 1410. The van der Waals surface area contributed by atoms with Gasteiger partial charge in [-0.25, -0.2) is 0 Å². The van der Waals surface area contributed by atoms with E-state index in [1.54, 1.807) is 31.2 Å². The van der Waals surface area contributed by atoms with Gasteiger partial charge in [-0.3, -0.25) is 9.59 Å². The maximum atomic E-state index is 13.7. The minimum atomic E-state index is -0.684. The SMILES string of the molecule is Cc1cccc(C2c3cc(OC(C)C(=O)N(C)Cc4ccco4)ccc3CCN2C(=O)c2ccccc2)c1.